The number of rotatable bonds is 3. The number of carbonyl (C=O) groups is 1. The number of amides is 1. The second-order valence-corrected chi connectivity index (χ2v) is 4.28. The quantitative estimate of drug-likeness (QED) is 0.710. The molecular formula is C9H13N3O2S. The minimum atomic E-state index is 0.0459. The predicted octanol–water partition coefficient (Wildman–Crippen LogP) is -0.0895. The number of aliphatic hydroxyl groups is 1. The van der Waals surface area contributed by atoms with Gasteiger partial charge in [-0.2, -0.15) is 17.7 Å². The molecule has 0 saturated carbocycles. The number of thiol groups is 1. The van der Waals surface area contributed by atoms with Crippen LogP contribution in [0.5, 0.6) is 0 Å². The molecule has 1 aromatic rings. The summed E-state index contributed by atoms with van der Waals surface area (Å²) in [5, 5.41) is 12.9. The van der Waals surface area contributed by atoms with Crippen LogP contribution in [0.4, 0.5) is 5.69 Å². The Morgan fingerprint density at radius 1 is 1.67 bits per heavy atom. The molecule has 1 aliphatic heterocycles. The number of anilines is 1. The third kappa shape index (κ3) is 2.15. The molecule has 15 heavy (non-hydrogen) atoms. The molecule has 2 rings (SSSR count). The standard InChI is InChI=1S/C9H13N3O2S/c13-2-1-11-5-7(4-10-11)12-6-8(15)3-9(12)14/h4-5,8,13,15H,1-3,6H2. The number of hydrogen-bond acceptors (Lipinski definition) is 4. The maximum absolute atomic E-state index is 11.5. The number of aliphatic hydroxyl groups excluding tert-OH is 1. The first-order valence-corrected chi connectivity index (χ1v) is 5.34. The second kappa shape index (κ2) is 4.24. The average Bonchev–Trinajstić information content (AvgIpc) is 2.73. The fourth-order valence-corrected chi connectivity index (χ4v) is 1.97. The fourth-order valence-electron chi connectivity index (χ4n) is 1.66. The van der Waals surface area contributed by atoms with Crippen molar-refractivity contribution in [1.29, 1.82) is 0 Å². The summed E-state index contributed by atoms with van der Waals surface area (Å²) in [7, 11) is 0. The number of carbonyl (C=O) groups excluding carboxylic acids is 1. The van der Waals surface area contributed by atoms with E-state index in [0.29, 0.717) is 19.5 Å². The lowest BCUT2D eigenvalue weighted by Gasteiger charge is -2.12. The molecule has 1 saturated heterocycles. The topological polar surface area (TPSA) is 58.4 Å². The highest BCUT2D eigenvalue weighted by molar-refractivity contribution is 7.81. The average molecular weight is 227 g/mol. The van der Waals surface area contributed by atoms with Crippen LogP contribution in [-0.2, 0) is 11.3 Å². The number of hydrogen-bond donors (Lipinski definition) is 2. The predicted molar refractivity (Wildman–Crippen MR) is 59.1 cm³/mol. The Bertz CT molecular complexity index is 366. The molecule has 1 fully saturated rings. The Morgan fingerprint density at radius 3 is 3.07 bits per heavy atom. The molecule has 6 heteroatoms. The Hall–Kier alpha value is -1.01. The molecule has 1 aliphatic rings. The molecule has 82 valence electrons. The van der Waals surface area contributed by atoms with E-state index in [1.165, 1.54) is 0 Å². The van der Waals surface area contributed by atoms with Crippen LogP contribution in [0.15, 0.2) is 12.4 Å². The molecule has 1 N–H and O–H groups in total. The van der Waals surface area contributed by atoms with Crippen LogP contribution >= 0.6 is 12.6 Å². The molecule has 0 spiro atoms. The maximum atomic E-state index is 11.5. The van der Waals surface area contributed by atoms with Crippen molar-refractivity contribution in [2.24, 2.45) is 0 Å². The summed E-state index contributed by atoms with van der Waals surface area (Å²) in [6, 6.07) is 0. The van der Waals surface area contributed by atoms with Crippen molar-refractivity contribution in [3.63, 3.8) is 0 Å². The summed E-state index contributed by atoms with van der Waals surface area (Å²) >= 11 is 4.28. The van der Waals surface area contributed by atoms with Gasteiger partial charge in [-0.3, -0.25) is 9.48 Å². The van der Waals surface area contributed by atoms with Crippen molar-refractivity contribution in [3.8, 4) is 0 Å². The summed E-state index contributed by atoms with van der Waals surface area (Å²) in [5.41, 5.74) is 0.782. The van der Waals surface area contributed by atoms with Gasteiger partial charge >= 0.3 is 0 Å². The third-order valence-electron chi connectivity index (χ3n) is 2.37. The molecule has 2 heterocycles. The van der Waals surface area contributed by atoms with Gasteiger partial charge in [0.25, 0.3) is 0 Å². The van der Waals surface area contributed by atoms with Gasteiger partial charge in [0.2, 0.25) is 5.91 Å². The molecule has 1 aromatic heterocycles. The molecule has 0 aliphatic carbocycles. The Morgan fingerprint density at radius 2 is 2.47 bits per heavy atom. The van der Waals surface area contributed by atoms with E-state index >= 15 is 0 Å². The van der Waals surface area contributed by atoms with E-state index in [-0.39, 0.29) is 17.8 Å². The highest BCUT2D eigenvalue weighted by Gasteiger charge is 2.28. The van der Waals surface area contributed by atoms with E-state index in [1.54, 1.807) is 22.0 Å². The lowest BCUT2D eigenvalue weighted by Crippen LogP contribution is -2.24. The van der Waals surface area contributed by atoms with Gasteiger partial charge in [0.05, 0.1) is 25.0 Å². The Labute approximate surface area is 93.1 Å². The van der Waals surface area contributed by atoms with Crippen LogP contribution in [0.25, 0.3) is 0 Å². The summed E-state index contributed by atoms with van der Waals surface area (Å²) in [6.45, 7) is 1.13. The van der Waals surface area contributed by atoms with Crippen LogP contribution < -0.4 is 4.90 Å². The first-order chi connectivity index (χ1) is 7.20. The van der Waals surface area contributed by atoms with Crippen LogP contribution in [0.1, 0.15) is 6.42 Å². The molecular weight excluding hydrogens is 214 g/mol. The largest absolute Gasteiger partial charge is 0.394 e. The third-order valence-corrected chi connectivity index (χ3v) is 2.71. The molecule has 1 unspecified atom stereocenters. The Kier molecular flexibility index (Phi) is 2.97. The van der Waals surface area contributed by atoms with Crippen molar-refractivity contribution in [1.82, 2.24) is 9.78 Å². The molecule has 0 aromatic carbocycles. The maximum Gasteiger partial charge on any atom is 0.228 e. The summed E-state index contributed by atoms with van der Waals surface area (Å²) in [4.78, 5) is 13.2. The van der Waals surface area contributed by atoms with Crippen molar-refractivity contribution in [3.05, 3.63) is 12.4 Å². The normalized spacial score (nSPS) is 21.3. The lowest BCUT2D eigenvalue weighted by molar-refractivity contribution is -0.117. The second-order valence-electron chi connectivity index (χ2n) is 3.55. The van der Waals surface area contributed by atoms with E-state index in [2.05, 4.69) is 17.7 Å². The van der Waals surface area contributed by atoms with Gasteiger partial charge in [0.1, 0.15) is 0 Å². The molecule has 1 amide bonds. The van der Waals surface area contributed by atoms with Gasteiger partial charge in [-0.05, 0) is 0 Å². The van der Waals surface area contributed by atoms with Crippen LogP contribution in [0.3, 0.4) is 0 Å². The van der Waals surface area contributed by atoms with Gasteiger partial charge in [0, 0.05) is 24.4 Å². The van der Waals surface area contributed by atoms with Gasteiger partial charge < -0.3 is 10.0 Å². The molecule has 5 nitrogen and oxygen atoms in total. The highest BCUT2D eigenvalue weighted by Crippen LogP contribution is 2.23. The Balaban J connectivity index is 2.12. The SMILES string of the molecule is O=C1CC(S)CN1c1cnn(CCO)c1. The van der Waals surface area contributed by atoms with E-state index in [4.69, 9.17) is 5.11 Å². The van der Waals surface area contributed by atoms with E-state index in [1.807, 2.05) is 0 Å². The van der Waals surface area contributed by atoms with Crippen molar-refractivity contribution >= 4 is 24.2 Å². The lowest BCUT2D eigenvalue weighted by atomic mass is 10.4. The molecule has 0 bridgehead atoms. The van der Waals surface area contributed by atoms with Crippen molar-refractivity contribution in [2.75, 3.05) is 18.1 Å². The summed E-state index contributed by atoms with van der Waals surface area (Å²) in [5.74, 6) is 0.0820. The van der Waals surface area contributed by atoms with Crippen LogP contribution in [0.2, 0.25) is 0 Å². The first kappa shape index (κ1) is 10.5. The highest BCUT2D eigenvalue weighted by atomic mass is 32.1. The first-order valence-electron chi connectivity index (χ1n) is 4.82. The van der Waals surface area contributed by atoms with Crippen LogP contribution in [-0.4, -0.2) is 39.2 Å². The van der Waals surface area contributed by atoms with E-state index in [0.717, 1.165) is 5.69 Å². The van der Waals surface area contributed by atoms with Gasteiger partial charge in [-0.25, -0.2) is 0 Å². The zero-order valence-corrected chi connectivity index (χ0v) is 9.10. The van der Waals surface area contributed by atoms with E-state index in [9.17, 15) is 4.79 Å². The zero-order chi connectivity index (χ0) is 10.8. The van der Waals surface area contributed by atoms with Gasteiger partial charge in [0.15, 0.2) is 0 Å². The molecule has 0 radical (unpaired) electrons. The van der Waals surface area contributed by atoms with Gasteiger partial charge in [-0.1, -0.05) is 0 Å². The summed E-state index contributed by atoms with van der Waals surface area (Å²) < 4.78 is 1.62. The van der Waals surface area contributed by atoms with E-state index < -0.39 is 0 Å². The fraction of sp³-hybridized carbons (Fsp3) is 0.556. The van der Waals surface area contributed by atoms with Crippen molar-refractivity contribution in [2.45, 2.75) is 18.2 Å². The van der Waals surface area contributed by atoms with Crippen LogP contribution in [0, 0.1) is 0 Å². The monoisotopic (exact) mass is 227 g/mol. The smallest absolute Gasteiger partial charge is 0.228 e. The summed E-state index contributed by atoms with van der Waals surface area (Å²) in [6.07, 6.45) is 3.88. The van der Waals surface area contributed by atoms with Crippen molar-refractivity contribution < 1.29 is 9.90 Å². The van der Waals surface area contributed by atoms with Gasteiger partial charge in [-0.15, -0.1) is 0 Å². The number of nitrogens with zero attached hydrogens (tertiary/aromatic N) is 3. The molecule has 1 atom stereocenters. The zero-order valence-electron chi connectivity index (χ0n) is 8.20. The minimum absolute atomic E-state index is 0.0459. The minimum Gasteiger partial charge on any atom is -0.394 e. The number of aromatic nitrogens is 2.